The molecule has 2 N–H and O–H groups in total. The van der Waals surface area contributed by atoms with Crippen LogP contribution < -0.4 is 10.6 Å². The summed E-state index contributed by atoms with van der Waals surface area (Å²) in [6, 6.07) is 3.58. The van der Waals surface area contributed by atoms with E-state index in [-0.39, 0.29) is 11.9 Å². The minimum absolute atomic E-state index is 0.0120. The average Bonchev–Trinajstić information content (AvgIpc) is 2.38. The Kier molecular flexibility index (Phi) is 6.29. The molecule has 0 aliphatic carbocycles. The zero-order valence-electron chi connectivity index (χ0n) is 12.1. The summed E-state index contributed by atoms with van der Waals surface area (Å²) in [7, 11) is 1.63. The topological polar surface area (TPSA) is 63.2 Å². The van der Waals surface area contributed by atoms with E-state index in [9.17, 15) is 4.79 Å². The highest BCUT2D eigenvalue weighted by Crippen LogP contribution is 2.09. The number of amides is 1. The first-order valence-corrected chi connectivity index (χ1v) is 6.58. The van der Waals surface area contributed by atoms with Crippen molar-refractivity contribution < 1.29 is 9.53 Å². The van der Waals surface area contributed by atoms with Crippen molar-refractivity contribution in [1.82, 2.24) is 10.3 Å². The van der Waals surface area contributed by atoms with Crippen molar-refractivity contribution in [2.45, 2.75) is 26.8 Å². The van der Waals surface area contributed by atoms with E-state index in [2.05, 4.69) is 15.6 Å². The summed E-state index contributed by atoms with van der Waals surface area (Å²) < 4.78 is 5.12. The van der Waals surface area contributed by atoms with Crippen molar-refractivity contribution in [1.29, 1.82) is 0 Å². The van der Waals surface area contributed by atoms with E-state index in [1.165, 1.54) is 0 Å². The highest BCUT2D eigenvalue weighted by molar-refractivity contribution is 5.93. The molecule has 1 atom stereocenters. The van der Waals surface area contributed by atoms with Gasteiger partial charge in [0.1, 0.15) is 5.69 Å². The molecule has 0 radical (unpaired) electrons. The first kappa shape index (κ1) is 15.4. The molecule has 0 saturated heterocycles. The molecule has 0 bridgehead atoms. The fourth-order valence-electron chi connectivity index (χ4n) is 1.69. The quantitative estimate of drug-likeness (QED) is 0.790. The smallest absolute Gasteiger partial charge is 0.270 e. The largest absolute Gasteiger partial charge is 0.385 e. The van der Waals surface area contributed by atoms with E-state index in [1.54, 1.807) is 19.4 Å². The van der Waals surface area contributed by atoms with Gasteiger partial charge in [-0.05, 0) is 25.0 Å². The van der Waals surface area contributed by atoms with Gasteiger partial charge in [0, 0.05) is 25.5 Å². The summed E-state index contributed by atoms with van der Waals surface area (Å²) in [5, 5.41) is 6.11. The molecule has 0 aliphatic rings. The van der Waals surface area contributed by atoms with Gasteiger partial charge >= 0.3 is 0 Å². The Morgan fingerprint density at radius 2 is 2.21 bits per heavy atom. The number of nitrogens with one attached hydrogen (secondary N) is 2. The Bertz CT molecular complexity index is 407. The molecule has 1 aromatic heterocycles. The molecule has 0 aliphatic heterocycles. The Morgan fingerprint density at radius 1 is 1.47 bits per heavy atom. The number of hydrogen-bond acceptors (Lipinski definition) is 4. The predicted octanol–water partition coefficient (Wildman–Crippen LogP) is 1.91. The van der Waals surface area contributed by atoms with E-state index >= 15 is 0 Å². The Labute approximate surface area is 114 Å². The van der Waals surface area contributed by atoms with Gasteiger partial charge in [0.15, 0.2) is 0 Å². The number of carbonyl (C=O) groups excluding carboxylic acids is 1. The Hall–Kier alpha value is -1.62. The number of hydrogen-bond donors (Lipinski definition) is 2. The third-order valence-corrected chi connectivity index (χ3v) is 2.84. The summed E-state index contributed by atoms with van der Waals surface area (Å²) in [6.07, 6.45) is 1.63. The molecule has 1 heterocycles. The number of ether oxygens (including phenoxy) is 1. The van der Waals surface area contributed by atoms with Gasteiger partial charge in [-0.2, -0.15) is 0 Å². The summed E-state index contributed by atoms with van der Waals surface area (Å²) in [5.41, 5.74) is 1.32. The lowest BCUT2D eigenvalue weighted by Crippen LogP contribution is -2.41. The van der Waals surface area contributed by atoms with Gasteiger partial charge in [-0.1, -0.05) is 13.8 Å². The van der Waals surface area contributed by atoms with Crippen molar-refractivity contribution in [3.05, 3.63) is 24.0 Å². The van der Waals surface area contributed by atoms with Gasteiger partial charge in [-0.25, -0.2) is 0 Å². The molecule has 1 amide bonds. The lowest BCUT2D eigenvalue weighted by molar-refractivity contribution is 0.0862. The lowest BCUT2D eigenvalue weighted by Gasteiger charge is -2.21. The van der Waals surface area contributed by atoms with E-state index in [4.69, 9.17) is 4.74 Å². The van der Waals surface area contributed by atoms with Crippen LogP contribution in [0.2, 0.25) is 0 Å². The van der Waals surface area contributed by atoms with Crippen molar-refractivity contribution >= 4 is 11.6 Å². The maximum atomic E-state index is 12.1. The van der Waals surface area contributed by atoms with Crippen molar-refractivity contribution in [2.24, 2.45) is 5.92 Å². The second-order valence-electron chi connectivity index (χ2n) is 4.74. The standard InChI is InChI=1S/C14H23N3O2/c1-5-15-11-6-7-16-12(8-11)14(18)17-13(9-19-4)10(2)3/h6-8,10,13H,5,9H2,1-4H3,(H,15,16)(H,17,18). The number of anilines is 1. The lowest BCUT2D eigenvalue weighted by atomic mass is 10.1. The molecule has 19 heavy (non-hydrogen) atoms. The molecular weight excluding hydrogens is 242 g/mol. The third-order valence-electron chi connectivity index (χ3n) is 2.84. The highest BCUT2D eigenvalue weighted by Gasteiger charge is 2.17. The number of nitrogens with zero attached hydrogens (tertiary/aromatic N) is 1. The minimum atomic E-state index is -0.171. The predicted molar refractivity (Wildman–Crippen MR) is 76.4 cm³/mol. The van der Waals surface area contributed by atoms with Crippen LogP contribution in [0, 0.1) is 5.92 Å². The summed E-state index contributed by atoms with van der Waals surface area (Å²) in [6.45, 7) is 7.41. The minimum Gasteiger partial charge on any atom is -0.385 e. The van der Waals surface area contributed by atoms with Gasteiger partial charge < -0.3 is 15.4 Å². The summed E-state index contributed by atoms with van der Waals surface area (Å²) in [5.74, 6) is 0.136. The SMILES string of the molecule is CCNc1ccnc(C(=O)NC(COC)C(C)C)c1. The highest BCUT2D eigenvalue weighted by atomic mass is 16.5. The molecule has 0 fully saturated rings. The fraction of sp³-hybridized carbons (Fsp3) is 0.571. The van der Waals surface area contributed by atoms with Crippen LogP contribution in [0.5, 0.6) is 0 Å². The second kappa shape index (κ2) is 7.74. The van der Waals surface area contributed by atoms with Gasteiger partial charge in [-0.15, -0.1) is 0 Å². The monoisotopic (exact) mass is 265 g/mol. The number of pyridine rings is 1. The normalized spacial score (nSPS) is 12.3. The van der Waals surface area contributed by atoms with Crippen LogP contribution >= 0.6 is 0 Å². The molecule has 106 valence electrons. The van der Waals surface area contributed by atoms with E-state index < -0.39 is 0 Å². The first-order chi connectivity index (χ1) is 9.08. The van der Waals surface area contributed by atoms with Crippen molar-refractivity contribution in [3.8, 4) is 0 Å². The maximum absolute atomic E-state index is 12.1. The van der Waals surface area contributed by atoms with Crippen molar-refractivity contribution in [3.63, 3.8) is 0 Å². The van der Waals surface area contributed by atoms with Crippen molar-refractivity contribution in [2.75, 3.05) is 25.6 Å². The summed E-state index contributed by atoms with van der Waals surface area (Å²) in [4.78, 5) is 16.2. The Balaban J connectivity index is 2.73. The zero-order chi connectivity index (χ0) is 14.3. The van der Waals surface area contributed by atoms with Gasteiger partial charge in [0.05, 0.1) is 12.6 Å². The van der Waals surface area contributed by atoms with Crippen LogP contribution in [-0.2, 0) is 4.74 Å². The number of carbonyl (C=O) groups is 1. The Morgan fingerprint density at radius 3 is 2.79 bits per heavy atom. The molecular formula is C14H23N3O2. The van der Waals surface area contributed by atoms with Crippen LogP contribution in [-0.4, -0.2) is 37.2 Å². The van der Waals surface area contributed by atoms with Gasteiger partial charge in [0.2, 0.25) is 0 Å². The van der Waals surface area contributed by atoms with Gasteiger partial charge in [-0.3, -0.25) is 9.78 Å². The fourth-order valence-corrected chi connectivity index (χ4v) is 1.69. The summed E-state index contributed by atoms with van der Waals surface area (Å²) >= 11 is 0. The zero-order valence-corrected chi connectivity index (χ0v) is 12.1. The molecule has 5 nitrogen and oxygen atoms in total. The molecule has 1 rings (SSSR count). The molecule has 1 aromatic rings. The number of rotatable bonds is 7. The van der Waals surface area contributed by atoms with Crippen LogP contribution in [0.4, 0.5) is 5.69 Å². The molecule has 0 spiro atoms. The van der Waals surface area contributed by atoms with Crippen LogP contribution in [0.25, 0.3) is 0 Å². The number of aromatic nitrogens is 1. The molecule has 1 unspecified atom stereocenters. The van der Waals surface area contributed by atoms with Gasteiger partial charge in [0.25, 0.3) is 5.91 Å². The third kappa shape index (κ3) is 4.87. The maximum Gasteiger partial charge on any atom is 0.270 e. The second-order valence-corrected chi connectivity index (χ2v) is 4.74. The van der Waals surface area contributed by atoms with E-state index in [0.717, 1.165) is 12.2 Å². The van der Waals surface area contributed by atoms with Crippen LogP contribution in [0.1, 0.15) is 31.3 Å². The van der Waals surface area contributed by atoms with E-state index in [0.29, 0.717) is 18.2 Å². The number of methoxy groups -OCH3 is 1. The molecule has 5 heteroatoms. The molecule has 0 saturated carbocycles. The van der Waals surface area contributed by atoms with Crippen LogP contribution in [0.3, 0.4) is 0 Å². The van der Waals surface area contributed by atoms with Crippen LogP contribution in [0.15, 0.2) is 18.3 Å². The first-order valence-electron chi connectivity index (χ1n) is 6.58. The molecule has 0 aromatic carbocycles. The van der Waals surface area contributed by atoms with E-state index in [1.807, 2.05) is 26.8 Å². The average molecular weight is 265 g/mol.